The van der Waals surface area contributed by atoms with E-state index in [1.807, 2.05) is 80.8 Å². The van der Waals surface area contributed by atoms with Crippen molar-refractivity contribution in [2.24, 2.45) is 7.05 Å². The van der Waals surface area contributed by atoms with Crippen LogP contribution >= 0.6 is 0 Å². The number of pyridine rings is 1. The zero-order valence-electron chi connectivity index (χ0n) is 18.6. The molecular formula is C25H27IN2O4. The Morgan fingerprint density at radius 3 is 1.94 bits per heavy atom. The van der Waals surface area contributed by atoms with Crippen molar-refractivity contribution >= 4 is 12.1 Å². The van der Waals surface area contributed by atoms with Crippen molar-refractivity contribution in [2.75, 3.05) is 14.1 Å². The number of carbonyl (C=O) groups is 2. The third-order valence-electron chi connectivity index (χ3n) is 5.28. The third kappa shape index (κ3) is 5.45. The van der Waals surface area contributed by atoms with E-state index >= 15 is 0 Å². The van der Waals surface area contributed by atoms with Gasteiger partial charge < -0.3 is 38.4 Å². The maximum atomic E-state index is 13.4. The van der Waals surface area contributed by atoms with E-state index < -0.39 is 17.5 Å². The summed E-state index contributed by atoms with van der Waals surface area (Å²) in [6.07, 6.45) is 1.31. The minimum Gasteiger partial charge on any atom is -1.00 e. The number of halogens is 1. The van der Waals surface area contributed by atoms with Crippen molar-refractivity contribution < 1.29 is 47.6 Å². The number of rotatable bonds is 6. The minimum atomic E-state index is -0.990. The molecule has 0 saturated carbocycles. The highest BCUT2D eigenvalue weighted by Crippen LogP contribution is 2.33. The quantitative estimate of drug-likeness (QED) is 0.259. The van der Waals surface area contributed by atoms with Crippen molar-refractivity contribution in [2.45, 2.75) is 18.9 Å². The highest BCUT2D eigenvalue weighted by molar-refractivity contribution is 5.87. The van der Waals surface area contributed by atoms with Crippen LogP contribution in [-0.2, 0) is 28.6 Å². The number of esters is 1. The zero-order chi connectivity index (χ0) is 22.4. The summed E-state index contributed by atoms with van der Waals surface area (Å²) < 4.78 is 13.0. The second-order valence-electron chi connectivity index (χ2n) is 7.63. The Balaban J connectivity index is 0.00000363. The average molecular weight is 546 g/mol. The number of hydrogen-bond donors (Lipinski definition) is 0. The second kappa shape index (κ2) is 11.1. The molecule has 0 fully saturated rings. The van der Waals surface area contributed by atoms with Crippen LogP contribution in [0.3, 0.4) is 0 Å². The maximum Gasteiger partial charge on any atom is 0.414 e. The van der Waals surface area contributed by atoms with Gasteiger partial charge in [-0.2, -0.15) is 4.57 Å². The molecule has 3 rings (SSSR count). The first-order valence-electron chi connectivity index (χ1n) is 9.99. The number of aromatic nitrogens is 1. The fraction of sp³-hybridized carbons (Fsp3) is 0.240. The van der Waals surface area contributed by atoms with Crippen LogP contribution < -0.4 is 33.3 Å². The lowest BCUT2D eigenvalue weighted by molar-refractivity contribution is -0.681. The fourth-order valence-electron chi connectivity index (χ4n) is 3.29. The van der Waals surface area contributed by atoms with Crippen molar-refractivity contribution in [1.82, 2.24) is 4.90 Å². The lowest BCUT2D eigenvalue weighted by Gasteiger charge is -2.28. The van der Waals surface area contributed by atoms with Crippen molar-refractivity contribution in [1.29, 1.82) is 0 Å². The number of ether oxygens (including phenoxy) is 2. The van der Waals surface area contributed by atoms with Gasteiger partial charge in [0.25, 0.3) is 5.69 Å². The van der Waals surface area contributed by atoms with Gasteiger partial charge in [-0.1, -0.05) is 60.7 Å². The van der Waals surface area contributed by atoms with Crippen LogP contribution in [0.15, 0.2) is 79.0 Å². The molecule has 0 bridgehead atoms. The molecule has 0 saturated heterocycles. The van der Waals surface area contributed by atoms with Gasteiger partial charge in [0.2, 0.25) is 5.75 Å². The summed E-state index contributed by atoms with van der Waals surface area (Å²) in [5, 5.41) is 0. The number of amides is 1. The number of hydrogen-bond acceptors (Lipinski definition) is 4. The van der Waals surface area contributed by atoms with E-state index in [2.05, 4.69) is 0 Å². The van der Waals surface area contributed by atoms with E-state index in [1.54, 1.807) is 30.8 Å². The number of nitrogens with zero attached hydrogens (tertiary/aromatic N) is 2. The van der Waals surface area contributed by atoms with Crippen LogP contribution in [0.2, 0.25) is 0 Å². The fourth-order valence-corrected chi connectivity index (χ4v) is 3.29. The molecule has 0 N–H and O–H groups in total. The van der Waals surface area contributed by atoms with Crippen LogP contribution in [0.5, 0.6) is 5.75 Å². The number of carbonyl (C=O) groups excluding carboxylic acids is 2. The van der Waals surface area contributed by atoms with Crippen LogP contribution in [0, 0.1) is 0 Å². The predicted octanol–water partition coefficient (Wildman–Crippen LogP) is 0.625. The molecule has 0 aliphatic heterocycles. The van der Waals surface area contributed by atoms with Gasteiger partial charge in [-0.15, -0.1) is 0 Å². The monoisotopic (exact) mass is 546 g/mol. The molecule has 1 aromatic heterocycles. The first-order valence-corrected chi connectivity index (χ1v) is 9.99. The van der Waals surface area contributed by atoms with Gasteiger partial charge in [0.1, 0.15) is 12.5 Å². The van der Waals surface area contributed by atoms with E-state index in [0.29, 0.717) is 11.4 Å². The molecule has 0 radical (unpaired) electrons. The third-order valence-corrected chi connectivity index (χ3v) is 5.28. The molecule has 168 valence electrons. The Morgan fingerprint density at radius 1 is 0.906 bits per heavy atom. The van der Waals surface area contributed by atoms with Gasteiger partial charge in [0.05, 0.1) is 0 Å². The normalized spacial score (nSPS) is 10.6. The van der Waals surface area contributed by atoms with Gasteiger partial charge in [0.15, 0.2) is 12.8 Å². The molecule has 7 heteroatoms. The highest BCUT2D eigenvalue weighted by atomic mass is 127. The van der Waals surface area contributed by atoms with E-state index in [9.17, 15) is 9.59 Å². The Labute approximate surface area is 205 Å². The van der Waals surface area contributed by atoms with E-state index in [0.717, 1.165) is 11.1 Å². The maximum absolute atomic E-state index is 13.4. The van der Waals surface area contributed by atoms with Crippen LogP contribution in [0.1, 0.15) is 23.7 Å². The highest BCUT2D eigenvalue weighted by Gasteiger charge is 2.39. The van der Waals surface area contributed by atoms with Crippen molar-refractivity contribution in [3.8, 4) is 5.75 Å². The molecule has 0 aliphatic carbocycles. The Morgan fingerprint density at radius 2 is 1.44 bits per heavy atom. The lowest BCUT2D eigenvalue weighted by atomic mass is 9.76. The van der Waals surface area contributed by atoms with Crippen LogP contribution in [-0.4, -0.2) is 31.1 Å². The minimum absolute atomic E-state index is 0. The van der Waals surface area contributed by atoms with E-state index in [4.69, 9.17) is 9.47 Å². The molecule has 1 amide bonds. The average Bonchev–Trinajstić information content (AvgIpc) is 2.79. The summed E-state index contributed by atoms with van der Waals surface area (Å²) in [4.78, 5) is 26.8. The lowest BCUT2D eigenvalue weighted by Crippen LogP contribution is -3.00. The summed E-state index contributed by atoms with van der Waals surface area (Å²) in [6, 6.07) is 22.6. The van der Waals surface area contributed by atoms with Crippen molar-refractivity contribution in [3.05, 3.63) is 95.8 Å². The van der Waals surface area contributed by atoms with E-state index in [-0.39, 0.29) is 30.6 Å². The van der Waals surface area contributed by atoms with Gasteiger partial charge >= 0.3 is 12.1 Å². The molecule has 2 aromatic carbocycles. The van der Waals surface area contributed by atoms with Crippen LogP contribution in [0.4, 0.5) is 4.79 Å². The summed E-state index contributed by atoms with van der Waals surface area (Å²) in [5.41, 5.74) is 1.26. The van der Waals surface area contributed by atoms with Gasteiger partial charge in [0, 0.05) is 20.2 Å². The summed E-state index contributed by atoms with van der Waals surface area (Å²) >= 11 is 0. The molecule has 32 heavy (non-hydrogen) atoms. The molecule has 0 unspecified atom stereocenters. The Kier molecular flexibility index (Phi) is 8.77. The molecule has 0 aliphatic rings. The number of benzene rings is 2. The van der Waals surface area contributed by atoms with E-state index in [1.165, 1.54) is 4.90 Å². The second-order valence-corrected chi connectivity index (χ2v) is 7.63. The van der Waals surface area contributed by atoms with Gasteiger partial charge in [-0.05, 0) is 24.1 Å². The SMILES string of the molecule is CN(C)C(=O)Oc1ccc[n+](C)c1COC(=O)C(C)(c1ccccc1)c1ccccc1.[I-]. The first kappa shape index (κ1) is 25.3. The number of aryl methyl sites for hydroxylation is 1. The molecule has 6 nitrogen and oxygen atoms in total. The summed E-state index contributed by atoms with van der Waals surface area (Å²) in [6.45, 7) is 1.82. The Bertz CT molecular complexity index is 1020. The molecule has 0 spiro atoms. The summed E-state index contributed by atoms with van der Waals surface area (Å²) in [5.74, 6) is -0.0451. The van der Waals surface area contributed by atoms with Crippen LogP contribution in [0.25, 0.3) is 0 Å². The van der Waals surface area contributed by atoms with Gasteiger partial charge in [-0.3, -0.25) is 4.79 Å². The molecular weight excluding hydrogens is 519 g/mol. The smallest absolute Gasteiger partial charge is 0.414 e. The first-order chi connectivity index (χ1) is 14.8. The largest absolute Gasteiger partial charge is 1.00 e. The Hall–Kier alpha value is -2.94. The van der Waals surface area contributed by atoms with Crippen molar-refractivity contribution in [3.63, 3.8) is 0 Å². The predicted molar refractivity (Wildman–Crippen MR) is 116 cm³/mol. The molecule has 3 aromatic rings. The molecule has 0 atom stereocenters. The standard InChI is InChI=1S/C25H27N2O4.HI/c1-25(19-12-7-5-8-13-19,20-14-9-6-10-15-20)23(28)30-18-21-22(16-11-17-27(21)4)31-24(29)26(2)3;/h5-17H,18H2,1-4H3;1H/q+1;/p-1. The zero-order valence-corrected chi connectivity index (χ0v) is 20.8. The topological polar surface area (TPSA) is 59.7 Å². The summed E-state index contributed by atoms with van der Waals surface area (Å²) in [7, 11) is 5.02. The molecule has 1 heterocycles. The van der Waals surface area contributed by atoms with Gasteiger partial charge in [-0.25, -0.2) is 4.79 Å².